The molecule has 1 aromatic carbocycles. The normalized spacial score (nSPS) is 16.5. The van der Waals surface area contributed by atoms with Crippen molar-refractivity contribution in [1.29, 1.82) is 0 Å². The fourth-order valence-electron chi connectivity index (χ4n) is 2.06. The molecule has 1 N–H and O–H groups in total. The van der Waals surface area contributed by atoms with Crippen LogP contribution in [0.3, 0.4) is 0 Å². The van der Waals surface area contributed by atoms with Gasteiger partial charge in [-0.3, -0.25) is 4.90 Å². The van der Waals surface area contributed by atoms with Gasteiger partial charge in [0, 0.05) is 32.7 Å². The van der Waals surface area contributed by atoms with Crippen molar-refractivity contribution in [3.05, 3.63) is 35.4 Å². The molecule has 0 atom stereocenters. The van der Waals surface area contributed by atoms with Crippen LogP contribution in [-0.2, 0) is 4.74 Å². The van der Waals surface area contributed by atoms with Gasteiger partial charge in [0.2, 0.25) is 0 Å². The highest BCUT2D eigenvalue weighted by Gasteiger charge is 2.11. The van der Waals surface area contributed by atoms with Gasteiger partial charge in [-0.25, -0.2) is 4.79 Å². The van der Waals surface area contributed by atoms with Crippen LogP contribution < -0.4 is 5.32 Å². The Morgan fingerprint density at radius 1 is 1.39 bits per heavy atom. The van der Waals surface area contributed by atoms with Crippen molar-refractivity contribution >= 4 is 5.97 Å². The van der Waals surface area contributed by atoms with E-state index in [1.807, 2.05) is 25.1 Å². The Morgan fingerprint density at radius 3 is 2.89 bits per heavy atom. The van der Waals surface area contributed by atoms with Crippen molar-refractivity contribution in [2.24, 2.45) is 0 Å². The summed E-state index contributed by atoms with van der Waals surface area (Å²) in [6.07, 6.45) is 0. The SMILES string of the molecule is Cc1cccc(C(=O)OCCN2CCNCC2)c1. The molecule has 1 heterocycles. The van der Waals surface area contributed by atoms with Crippen LogP contribution in [0.25, 0.3) is 0 Å². The standard InChI is InChI=1S/C14H20N2O2/c1-12-3-2-4-13(11-12)14(17)18-10-9-16-7-5-15-6-8-16/h2-4,11,15H,5-10H2,1H3. The van der Waals surface area contributed by atoms with Gasteiger partial charge in [0.25, 0.3) is 0 Å². The maximum atomic E-state index is 11.8. The van der Waals surface area contributed by atoms with Gasteiger partial charge in [-0.05, 0) is 19.1 Å². The number of aryl methyl sites for hydroxylation is 1. The van der Waals surface area contributed by atoms with Crippen LogP contribution >= 0.6 is 0 Å². The molecule has 18 heavy (non-hydrogen) atoms. The number of esters is 1. The fourth-order valence-corrected chi connectivity index (χ4v) is 2.06. The Balaban J connectivity index is 1.74. The summed E-state index contributed by atoms with van der Waals surface area (Å²) in [6.45, 7) is 7.35. The summed E-state index contributed by atoms with van der Waals surface area (Å²) < 4.78 is 5.28. The summed E-state index contributed by atoms with van der Waals surface area (Å²) >= 11 is 0. The molecular weight excluding hydrogens is 228 g/mol. The zero-order chi connectivity index (χ0) is 12.8. The molecule has 0 unspecified atom stereocenters. The summed E-state index contributed by atoms with van der Waals surface area (Å²) in [4.78, 5) is 14.1. The van der Waals surface area contributed by atoms with Crippen LogP contribution in [0.15, 0.2) is 24.3 Å². The average Bonchev–Trinajstić information content (AvgIpc) is 2.40. The topological polar surface area (TPSA) is 41.6 Å². The first-order valence-electron chi connectivity index (χ1n) is 6.42. The van der Waals surface area contributed by atoms with E-state index in [0.29, 0.717) is 12.2 Å². The summed E-state index contributed by atoms with van der Waals surface area (Å²) in [5.74, 6) is -0.228. The van der Waals surface area contributed by atoms with Crippen LogP contribution in [0.5, 0.6) is 0 Å². The summed E-state index contributed by atoms with van der Waals surface area (Å²) in [7, 11) is 0. The predicted molar refractivity (Wildman–Crippen MR) is 70.8 cm³/mol. The van der Waals surface area contributed by atoms with Gasteiger partial charge in [-0.1, -0.05) is 17.7 Å². The van der Waals surface area contributed by atoms with Crippen molar-refractivity contribution in [1.82, 2.24) is 10.2 Å². The molecule has 0 amide bonds. The van der Waals surface area contributed by atoms with Crippen LogP contribution in [-0.4, -0.2) is 50.2 Å². The van der Waals surface area contributed by atoms with Gasteiger partial charge in [-0.2, -0.15) is 0 Å². The van der Waals surface area contributed by atoms with E-state index >= 15 is 0 Å². The number of carbonyl (C=O) groups excluding carboxylic acids is 1. The highest BCUT2D eigenvalue weighted by molar-refractivity contribution is 5.89. The Morgan fingerprint density at radius 2 is 2.17 bits per heavy atom. The number of hydrogen-bond acceptors (Lipinski definition) is 4. The van der Waals surface area contributed by atoms with Gasteiger partial charge >= 0.3 is 5.97 Å². The Bertz CT molecular complexity index is 401. The van der Waals surface area contributed by atoms with E-state index in [0.717, 1.165) is 38.3 Å². The third-order valence-corrected chi connectivity index (χ3v) is 3.10. The maximum Gasteiger partial charge on any atom is 0.338 e. The molecule has 1 fully saturated rings. The molecule has 98 valence electrons. The van der Waals surface area contributed by atoms with Crippen LogP contribution in [0.1, 0.15) is 15.9 Å². The second-order valence-corrected chi connectivity index (χ2v) is 4.60. The van der Waals surface area contributed by atoms with E-state index in [-0.39, 0.29) is 5.97 Å². The fraction of sp³-hybridized carbons (Fsp3) is 0.500. The highest BCUT2D eigenvalue weighted by atomic mass is 16.5. The summed E-state index contributed by atoms with van der Waals surface area (Å²) in [6, 6.07) is 7.49. The first-order valence-corrected chi connectivity index (χ1v) is 6.42. The van der Waals surface area contributed by atoms with Gasteiger partial charge in [0.05, 0.1) is 5.56 Å². The van der Waals surface area contributed by atoms with Crippen LogP contribution in [0.4, 0.5) is 0 Å². The molecule has 0 aromatic heterocycles. The average molecular weight is 248 g/mol. The molecule has 1 aliphatic rings. The molecule has 0 bridgehead atoms. The van der Waals surface area contributed by atoms with Gasteiger partial charge in [-0.15, -0.1) is 0 Å². The van der Waals surface area contributed by atoms with Gasteiger partial charge < -0.3 is 10.1 Å². The van der Waals surface area contributed by atoms with Crippen molar-refractivity contribution < 1.29 is 9.53 Å². The molecule has 4 nitrogen and oxygen atoms in total. The lowest BCUT2D eigenvalue weighted by atomic mass is 10.1. The van der Waals surface area contributed by atoms with Gasteiger partial charge in [0.15, 0.2) is 0 Å². The maximum absolute atomic E-state index is 11.8. The minimum atomic E-state index is -0.228. The van der Waals surface area contributed by atoms with E-state index in [9.17, 15) is 4.79 Å². The summed E-state index contributed by atoms with van der Waals surface area (Å²) in [5, 5.41) is 3.30. The molecule has 0 radical (unpaired) electrons. The summed E-state index contributed by atoms with van der Waals surface area (Å²) in [5.41, 5.74) is 1.71. The highest BCUT2D eigenvalue weighted by Crippen LogP contribution is 2.05. The number of nitrogens with one attached hydrogen (secondary N) is 1. The Hall–Kier alpha value is -1.39. The monoisotopic (exact) mass is 248 g/mol. The molecular formula is C14H20N2O2. The van der Waals surface area contributed by atoms with Crippen molar-refractivity contribution in [3.63, 3.8) is 0 Å². The van der Waals surface area contributed by atoms with Crippen molar-refractivity contribution in [2.75, 3.05) is 39.3 Å². The molecule has 1 aromatic rings. The van der Waals surface area contributed by atoms with E-state index < -0.39 is 0 Å². The third-order valence-electron chi connectivity index (χ3n) is 3.10. The quantitative estimate of drug-likeness (QED) is 0.809. The lowest BCUT2D eigenvalue weighted by Gasteiger charge is -2.26. The second-order valence-electron chi connectivity index (χ2n) is 4.60. The number of carbonyl (C=O) groups is 1. The van der Waals surface area contributed by atoms with E-state index in [1.54, 1.807) is 6.07 Å². The predicted octanol–water partition coefficient (Wildman–Crippen LogP) is 1.06. The smallest absolute Gasteiger partial charge is 0.338 e. The molecule has 0 saturated carbocycles. The van der Waals surface area contributed by atoms with Crippen LogP contribution in [0.2, 0.25) is 0 Å². The first kappa shape index (κ1) is 13.1. The van der Waals surface area contributed by atoms with E-state index in [2.05, 4.69) is 10.2 Å². The minimum Gasteiger partial charge on any atom is -0.461 e. The van der Waals surface area contributed by atoms with Crippen molar-refractivity contribution in [2.45, 2.75) is 6.92 Å². The molecule has 0 aliphatic carbocycles. The zero-order valence-electron chi connectivity index (χ0n) is 10.8. The first-order chi connectivity index (χ1) is 8.75. The van der Waals surface area contributed by atoms with E-state index in [4.69, 9.17) is 4.74 Å². The number of ether oxygens (including phenoxy) is 1. The number of hydrogen-bond donors (Lipinski definition) is 1. The Kier molecular flexibility index (Phi) is 4.73. The van der Waals surface area contributed by atoms with Crippen LogP contribution in [0, 0.1) is 6.92 Å². The lowest BCUT2D eigenvalue weighted by molar-refractivity contribution is 0.0456. The number of nitrogens with zero attached hydrogens (tertiary/aromatic N) is 1. The van der Waals surface area contributed by atoms with Crippen molar-refractivity contribution in [3.8, 4) is 0 Å². The molecule has 4 heteroatoms. The minimum absolute atomic E-state index is 0.228. The zero-order valence-corrected chi connectivity index (χ0v) is 10.8. The van der Waals surface area contributed by atoms with Gasteiger partial charge in [0.1, 0.15) is 6.61 Å². The largest absolute Gasteiger partial charge is 0.461 e. The third kappa shape index (κ3) is 3.82. The van der Waals surface area contributed by atoms with E-state index in [1.165, 1.54) is 0 Å². The number of piperazine rings is 1. The Labute approximate surface area is 108 Å². The molecule has 2 rings (SSSR count). The molecule has 1 saturated heterocycles. The lowest BCUT2D eigenvalue weighted by Crippen LogP contribution is -2.44. The number of rotatable bonds is 4. The number of benzene rings is 1. The molecule has 1 aliphatic heterocycles. The second kappa shape index (κ2) is 6.52. The molecule has 0 spiro atoms.